The fourth-order valence-corrected chi connectivity index (χ4v) is 3.18. The van der Waals surface area contributed by atoms with Gasteiger partial charge in [-0.2, -0.15) is 13.2 Å². The van der Waals surface area contributed by atoms with E-state index in [1.165, 1.54) is 12.3 Å². The minimum Gasteiger partial charge on any atom is -0.378 e. The highest BCUT2D eigenvalue weighted by Gasteiger charge is 2.32. The normalized spacial score (nSPS) is 14.4. The van der Waals surface area contributed by atoms with Crippen molar-refractivity contribution in [2.45, 2.75) is 6.18 Å². The van der Waals surface area contributed by atoms with E-state index in [4.69, 9.17) is 4.74 Å². The summed E-state index contributed by atoms with van der Waals surface area (Å²) in [6, 6.07) is 8.48. The number of halogens is 3. The molecule has 0 atom stereocenters. The van der Waals surface area contributed by atoms with E-state index in [0.29, 0.717) is 43.2 Å². The lowest BCUT2D eigenvalue weighted by atomic mass is 10.1. The second kappa shape index (κ2) is 8.68. The van der Waals surface area contributed by atoms with Crippen LogP contribution in [0.25, 0.3) is 11.3 Å². The van der Waals surface area contributed by atoms with Gasteiger partial charge in [-0.1, -0.05) is 0 Å². The molecule has 1 aliphatic rings. The Morgan fingerprint density at radius 2 is 1.90 bits per heavy atom. The number of aromatic nitrogens is 3. The summed E-state index contributed by atoms with van der Waals surface area (Å²) in [4.78, 5) is 26.8. The Kier molecular flexibility index (Phi) is 5.81. The summed E-state index contributed by atoms with van der Waals surface area (Å²) in [5.74, 6) is -0.749. The fraction of sp³-hybridized carbons (Fsp3) is 0.238. The maximum absolute atomic E-state index is 13.4. The highest BCUT2D eigenvalue weighted by atomic mass is 19.4. The second-order valence-electron chi connectivity index (χ2n) is 6.83. The molecule has 1 N–H and O–H groups in total. The number of anilines is 2. The number of nitrogens with one attached hydrogen (secondary N) is 1. The van der Waals surface area contributed by atoms with Crippen molar-refractivity contribution >= 4 is 17.5 Å². The number of amides is 1. The van der Waals surface area contributed by atoms with Gasteiger partial charge >= 0.3 is 6.18 Å². The first-order chi connectivity index (χ1) is 14.9. The standard InChI is InChI=1S/C21H18F3N5O2/c22-21(23,24)16-10-15(11-17(12-16)29-6-8-31-9-7-29)19(30)28-20-26-5-3-18(27-20)14-2-1-4-25-13-14/h1-5,10-13H,6-9H2,(H,26,27,28,30). The summed E-state index contributed by atoms with van der Waals surface area (Å²) in [6.45, 7) is 1.71. The van der Waals surface area contributed by atoms with Gasteiger partial charge in [0.05, 0.1) is 24.5 Å². The summed E-state index contributed by atoms with van der Waals surface area (Å²) in [6.07, 6.45) is 0.0900. The Labute approximate surface area is 175 Å². The van der Waals surface area contributed by atoms with Crippen molar-refractivity contribution < 1.29 is 22.7 Å². The molecule has 7 nitrogen and oxygen atoms in total. The first-order valence-electron chi connectivity index (χ1n) is 9.50. The number of carbonyl (C=O) groups excluding carboxylic acids is 1. The van der Waals surface area contributed by atoms with Crippen LogP contribution in [0.2, 0.25) is 0 Å². The highest BCUT2D eigenvalue weighted by molar-refractivity contribution is 6.04. The van der Waals surface area contributed by atoms with Crippen LogP contribution in [0, 0.1) is 0 Å². The molecule has 1 aromatic carbocycles. The summed E-state index contributed by atoms with van der Waals surface area (Å²) < 4.78 is 45.6. The van der Waals surface area contributed by atoms with Crippen LogP contribution in [-0.4, -0.2) is 47.2 Å². The maximum atomic E-state index is 13.4. The predicted molar refractivity (Wildman–Crippen MR) is 108 cm³/mol. The van der Waals surface area contributed by atoms with Gasteiger partial charge in [0.2, 0.25) is 5.95 Å². The highest BCUT2D eigenvalue weighted by Crippen LogP contribution is 2.33. The van der Waals surface area contributed by atoms with Crippen molar-refractivity contribution in [2.75, 3.05) is 36.5 Å². The topological polar surface area (TPSA) is 80.2 Å². The summed E-state index contributed by atoms with van der Waals surface area (Å²) in [7, 11) is 0. The van der Waals surface area contributed by atoms with Gasteiger partial charge < -0.3 is 9.64 Å². The summed E-state index contributed by atoms with van der Waals surface area (Å²) in [5, 5.41) is 2.49. The van der Waals surface area contributed by atoms with Crippen LogP contribution in [0.5, 0.6) is 0 Å². The lowest BCUT2D eigenvalue weighted by molar-refractivity contribution is -0.137. The molecule has 31 heavy (non-hydrogen) atoms. The zero-order valence-corrected chi connectivity index (χ0v) is 16.3. The monoisotopic (exact) mass is 429 g/mol. The number of hydrogen-bond donors (Lipinski definition) is 1. The molecule has 1 amide bonds. The molecular weight excluding hydrogens is 411 g/mol. The Morgan fingerprint density at radius 3 is 2.61 bits per heavy atom. The number of nitrogens with zero attached hydrogens (tertiary/aromatic N) is 4. The van der Waals surface area contributed by atoms with Crippen LogP contribution in [0.4, 0.5) is 24.8 Å². The first kappa shape index (κ1) is 20.7. The van der Waals surface area contributed by atoms with Gasteiger partial charge in [-0.05, 0) is 36.4 Å². The van der Waals surface area contributed by atoms with Crippen LogP contribution in [0.3, 0.4) is 0 Å². The third-order valence-electron chi connectivity index (χ3n) is 4.72. The van der Waals surface area contributed by atoms with Gasteiger partial charge in [-0.3, -0.25) is 15.1 Å². The SMILES string of the molecule is O=C(Nc1nccc(-c2cccnc2)n1)c1cc(N2CCOCC2)cc(C(F)(F)F)c1. The van der Waals surface area contributed by atoms with Crippen molar-refractivity contribution in [1.82, 2.24) is 15.0 Å². The van der Waals surface area contributed by atoms with Gasteiger partial charge in [0.1, 0.15) is 0 Å². The van der Waals surface area contributed by atoms with Crippen LogP contribution in [0.1, 0.15) is 15.9 Å². The molecule has 0 spiro atoms. The molecule has 0 aliphatic carbocycles. The number of ether oxygens (including phenoxy) is 1. The average molecular weight is 429 g/mol. The average Bonchev–Trinajstić information content (AvgIpc) is 2.79. The number of hydrogen-bond acceptors (Lipinski definition) is 6. The van der Waals surface area contributed by atoms with Crippen LogP contribution in [0.15, 0.2) is 55.0 Å². The molecule has 2 aromatic heterocycles. The van der Waals surface area contributed by atoms with E-state index in [2.05, 4.69) is 20.3 Å². The van der Waals surface area contributed by atoms with E-state index >= 15 is 0 Å². The summed E-state index contributed by atoms with van der Waals surface area (Å²) in [5.41, 5.74) is 0.525. The minimum absolute atomic E-state index is 0.0170. The zero-order valence-electron chi connectivity index (χ0n) is 16.3. The maximum Gasteiger partial charge on any atom is 0.416 e. The molecule has 0 saturated carbocycles. The third-order valence-corrected chi connectivity index (χ3v) is 4.72. The van der Waals surface area contributed by atoms with Crippen LogP contribution >= 0.6 is 0 Å². The molecule has 3 heterocycles. The number of alkyl halides is 3. The van der Waals surface area contributed by atoms with Crippen molar-refractivity contribution in [3.05, 3.63) is 66.1 Å². The van der Waals surface area contributed by atoms with Crippen LogP contribution < -0.4 is 10.2 Å². The molecule has 0 bridgehead atoms. The molecule has 160 valence electrons. The van der Waals surface area contributed by atoms with Crippen LogP contribution in [-0.2, 0) is 10.9 Å². The number of pyridine rings is 1. The van der Waals surface area contributed by atoms with Gasteiger partial charge in [0.25, 0.3) is 5.91 Å². The Bertz CT molecular complexity index is 1070. The van der Waals surface area contributed by atoms with E-state index in [9.17, 15) is 18.0 Å². The van der Waals surface area contributed by atoms with Crippen molar-refractivity contribution in [2.24, 2.45) is 0 Å². The fourth-order valence-electron chi connectivity index (χ4n) is 3.18. The van der Waals surface area contributed by atoms with Crippen molar-refractivity contribution in [3.8, 4) is 11.3 Å². The van der Waals surface area contributed by atoms with Gasteiger partial charge in [0, 0.05) is 48.5 Å². The zero-order chi connectivity index (χ0) is 21.8. The molecule has 0 radical (unpaired) electrons. The van der Waals surface area contributed by atoms with E-state index in [-0.39, 0.29) is 11.5 Å². The van der Waals surface area contributed by atoms with E-state index in [1.807, 2.05) is 0 Å². The van der Waals surface area contributed by atoms with Crippen molar-refractivity contribution in [3.63, 3.8) is 0 Å². The lowest BCUT2D eigenvalue weighted by Gasteiger charge is -2.29. The molecule has 4 rings (SSSR count). The summed E-state index contributed by atoms with van der Waals surface area (Å²) >= 11 is 0. The Morgan fingerprint density at radius 1 is 1.10 bits per heavy atom. The first-order valence-corrected chi connectivity index (χ1v) is 9.50. The smallest absolute Gasteiger partial charge is 0.378 e. The van der Waals surface area contributed by atoms with E-state index in [0.717, 1.165) is 12.1 Å². The Balaban J connectivity index is 1.62. The number of benzene rings is 1. The predicted octanol–water partition coefficient (Wildman–Crippen LogP) is 3.65. The molecule has 3 aromatic rings. The largest absolute Gasteiger partial charge is 0.416 e. The number of morpholine rings is 1. The molecular formula is C21H18F3N5O2. The Hall–Kier alpha value is -3.53. The molecule has 1 saturated heterocycles. The molecule has 1 aliphatic heterocycles. The second-order valence-corrected chi connectivity index (χ2v) is 6.83. The number of carbonyl (C=O) groups is 1. The quantitative estimate of drug-likeness (QED) is 0.682. The van der Waals surface area contributed by atoms with E-state index < -0.39 is 17.6 Å². The number of rotatable bonds is 4. The molecule has 0 unspecified atom stereocenters. The van der Waals surface area contributed by atoms with E-state index in [1.54, 1.807) is 35.5 Å². The van der Waals surface area contributed by atoms with Gasteiger partial charge in [-0.25, -0.2) is 9.97 Å². The van der Waals surface area contributed by atoms with Gasteiger partial charge in [0.15, 0.2) is 0 Å². The lowest BCUT2D eigenvalue weighted by Crippen LogP contribution is -2.36. The van der Waals surface area contributed by atoms with Crippen molar-refractivity contribution in [1.29, 1.82) is 0 Å². The van der Waals surface area contributed by atoms with Gasteiger partial charge in [-0.15, -0.1) is 0 Å². The minimum atomic E-state index is -4.59. The third kappa shape index (κ3) is 4.97. The molecule has 1 fully saturated rings. The molecule has 10 heteroatoms.